The van der Waals surface area contributed by atoms with Crippen LogP contribution in [0.25, 0.3) is 0 Å². The van der Waals surface area contributed by atoms with Gasteiger partial charge < -0.3 is 9.64 Å². The van der Waals surface area contributed by atoms with E-state index in [4.69, 9.17) is 4.74 Å². The highest BCUT2D eigenvalue weighted by molar-refractivity contribution is 7.88. The molecular weight excluding hydrogens is 292 g/mol. The average Bonchev–Trinajstić information content (AvgIpc) is 2.48. The highest BCUT2D eigenvalue weighted by Crippen LogP contribution is 2.24. The van der Waals surface area contributed by atoms with Crippen molar-refractivity contribution >= 4 is 15.9 Å². The lowest BCUT2D eigenvalue weighted by Crippen LogP contribution is -2.47. The molecule has 0 spiro atoms. The summed E-state index contributed by atoms with van der Waals surface area (Å²) in [6, 6.07) is 8.13. The molecule has 0 bridgehead atoms. The fourth-order valence-electron chi connectivity index (χ4n) is 2.29. The van der Waals surface area contributed by atoms with Gasteiger partial charge in [0.25, 0.3) is 0 Å². The molecule has 1 amide bonds. The van der Waals surface area contributed by atoms with Crippen molar-refractivity contribution in [3.63, 3.8) is 0 Å². The predicted molar refractivity (Wildman–Crippen MR) is 79.2 cm³/mol. The normalized spacial score (nSPS) is 17.8. The number of likely N-dealkylation sites (N-methyl/N-ethyl adjacent to an activating group) is 1. The van der Waals surface area contributed by atoms with Crippen LogP contribution in [-0.2, 0) is 19.6 Å². The van der Waals surface area contributed by atoms with Crippen molar-refractivity contribution in [3.8, 4) is 0 Å². The molecular formula is C14H20N2O4S. The summed E-state index contributed by atoms with van der Waals surface area (Å²) >= 11 is 0. The molecule has 1 aromatic rings. The lowest BCUT2D eigenvalue weighted by molar-refractivity contribution is -0.139. The van der Waals surface area contributed by atoms with E-state index in [-0.39, 0.29) is 5.91 Å². The summed E-state index contributed by atoms with van der Waals surface area (Å²) in [5.41, 5.74) is 0.668. The van der Waals surface area contributed by atoms with Crippen molar-refractivity contribution in [2.24, 2.45) is 0 Å². The van der Waals surface area contributed by atoms with E-state index >= 15 is 0 Å². The van der Waals surface area contributed by atoms with E-state index in [2.05, 4.69) is 0 Å². The maximum Gasteiger partial charge on any atom is 0.245 e. The Balaban J connectivity index is 2.34. The van der Waals surface area contributed by atoms with E-state index in [0.29, 0.717) is 31.9 Å². The number of hydrogen-bond donors (Lipinski definition) is 0. The molecule has 2 rings (SSSR count). The highest BCUT2D eigenvalue weighted by Gasteiger charge is 2.34. The zero-order chi connectivity index (χ0) is 15.5. The van der Waals surface area contributed by atoms with Gasteiger partial charge in [-0.2, -0.15) is 4.31 Å². The maximum atomic E-state index is 12.8. The summed E-state index contributed by atoms with van der Waals surface area (Å²) < 4.78 is 30.1. The molecule has 1 aliphatic rings. The number of sulfonamides is 1. The second-order valence-corrected chi connectivity index (χ2v) is 7.07. The fraction of sp³-hybridized carbons (Fsp3) is 0.500. The van der Waals surface area contributed by atoms with Gasteiger partial charge in [0.05, 0.1) is 19.5 Å². The van der Waals surface area contributed by atoms with Crippen LogP contribution in [0.2, 0.25) is 0 Å². The molecule has 0 saturated carbocycles. The quantitative estimate of drug-likeness (QED) is 0.811. The summed E-state index contributed by atoms with van der Waals surface area (Å²) in [4.78, 5) is 14.4. The monoisotopic (exact) mass is 312 g/mol. The third-order valence-corrected chi connectivity index (χ3v) is 4.82. The van der Waals surface area contributed by atoms with Gasteiger partial charge in [0.15, 0.2) is 0 Å². The third kappa shape index (κ3) is 3.81. The Hall–Kier alpha value is -1.44. The second-order valence-electron chi connectivity index (χ2n) is 5.03. The summed E-state index contributed by atoms with van der Waals surface area (Å²) in [6.07, 6.45) is 1.11. The first-order valence-corrected chi connectivity index (χ1v) is 8.60. The molecule has 21 heavy (non-hydrogen) atoms. The zero-order valence-corrected chi connectivity index (χ0v) is 13.0. The van der Waals surface area contributed by atoms with Gasteiger partial charge in [0.2, 0.25) is 15.9 Å². The Morgan fingerprint density at radius 3 is 2.33 bits per heavy atom. The molecule has 6 nitrogen and oxygen atoms in total. The first-order chi connectivity index (χ1) is 9.91. The molecule has 1 fully saturated rings. The van der Waals surface area contributed by atoms with Gasteiger partial charge in [0, 0.05) is 20.1 Å². The zero-order valence-electron chi connectivity index (χ0n) is 12.2. The summed E-state index contributed by atoms with van der Waals surface area (Å²) in [5.74, 6) is -0.211. The van der Waals surface area contributed by atoms with Crippen molar-refractivity contribution in [2.75, 3.05) is 39.6 Å². The smallest absolute Gasteiger partial charge is 0.245 e. The number of morpholine rings is 1. The largest absolute Gasteiger partial charge is 0.378 e. The van der Waals surface area contributed by atoms with Crippen LogP contribution in [0.4, 0.5) is 0 Å². The molecule has 7 heteroatoms. The molecule has 1 atom stereocenters. The SMILES string of the molecule is CN([C@H](C(=O)N1CCOCC1)c1ccccc1)S(C)(=O)=O. The van der Waals surface area contributed by atoms with Crippen LogP contribution in [0.5, 0.6) is 0 Å². The van der Waals surface area contributed by atoms with Crippen molar-refractivity contribution in [1.82, 2.24) is 9.21 Å². The van der Waals surface area contributed by atoms with Gasteiger partial charge in [-0.15, -0.1) is 0 Å². The summed E-state index contributed by atoms with van der Waals surface area (Å²) in [7, 11) is -2.04. The molecule has 1 aliphatic heterocycles. The van der Waals surface area contributed by atoms with Gasteiger partial charge in [-0.25, -0.2) is 8.42 Å². The predicted octanol–water partition coefficient (Wildman–Crippen LogP) is 0.478. The van der Waals surface area contributed by atoms with Crippen molar-refractivity contribution in [3.05, 3.63) is 35.9 Å². The standard InChI is InChI=1S/C14H20N2O4S/c1-15(21(2,18)19)13(12-6-4-3-5-7-12)14(17)16-8-10-20-11-9-16/h3-7,13H,8-11H2,1-2H3/t13-/m0/s1. The van der Waals surface area contributed by atoms with Crippen LogP contribution in [0.15, 0.2) is 30.3 Å². The fourth-order valence-corrected chi connectivity index (χ4v) is 2.89. The van der Waals surface area contributed by atoms with Crippen LogP contribution < -0.4 is 0 Å². The Labute approximate surface area is 125 Å². The van der Waals surface area contributed by atoms with Crippen LogP contribution in [0.1, 0.15) is 11.6 Å². The number of carbonyl (C=O) groups excluding carboxylic acids is 1. The van der Waals surface area contributed by atoms with E-state index < -0.39 is 16.1 Å². The molecule has 1 aromatic carbocycles. The second kappa shape index (κ2) is 6.55. The highest BCUT2D eigenvalue weighted by atomic mass is 32.2. The van der Waals surface area contributed by atoms with Crippen molar-refractivity contribution < 1.29 is 17.9 Å². The number of carbonyl (C=O) groups is 1. The molecule has 116 valence electrons. The molecule has 0 N–H and O–H groups in total. The minimum Gasteiger partial charge on any atom is -0.378 e. The Morgan fingerprint density at radius 2 is 1.81 bits per heavy atom. The number of nitrogens with zero attached hydrogens (tertiary/aromatic N) is 2. The number of ether oxygens (including phenoxy) is 1. The van der Waals surface area contributed by atoms with Crippen LogP contribution in [-0.4, -0.2) is 63.1 Å². The molecule has 0 radical (unpaired) electrons. The van der Waals surface area contributed by atoms with Gasteiger partial charge >= 0.3 is 0 Å². The molecule has 0 aliphatic carbocycles. The van der Waals surface area contributed by atoms with Crippen LogP contribution in [0, 0.1) is 0 Å². The van der Waals surface area contributed by atoms with Crippen LogP contribution in [0.3, 0.4) is 0 Å². The van der Waals surface area contributed by atoms with E-state index in [1.807, 2.05) is 6.07 Å². The summed E-state index contributed by atoms with van der Waals surface area (Å²) in [5, 5.41) is 0. The molecule has 1 heterocycles. The number of benzene rings is 1. The molecule has 0 unspecified atom stereocenters. The van der Waals surface area contributed by atoms with E-state index in [1.165, 1.54) is 7.05 Å². The van der Waals surface area contributed by atoms with Gasteiger partial charge in [-0.1, -0.05) is 30.3 Å². The Bertz CT molecular complexity index is 582. The molecule has 1 saturated heterocycles. The third-order valence-electron chi connectivity index (χ3n) is 3.56. The number of amides is 1. The topological polar surface area (TPSA) is 66.9 Å². The first-order valence-electron chi connectivity index (χ1n) is 6.76. The van der Waals surface area contributed by atoms with E-state index in [0.717, 1.165) is 10.6 Å². The first kappa shape index (κ1) is 15.9. The van der Waals surface area contributed by atoms with E-state index in [1.54, 1.807) is 29.2 Å². The lowest BCUT2D eigenvalue weighted by Gasteiger charge is -2.33. The summed E-state index contributed by atoms with van der Waals surface area (Å²) in [6.45, 7) is 1.94. The van der Waals surface area contributed by atoms with Gasteiger partial charge in [-0.05, 0) is 5.56 Å². The maximum absolute atomic E-state index is 12.8. The van der Waals surface area contributed by atoms with Gasteiger partial charge in [0.1, 0.15) is 6.04 Å². The minimum absolute atomic E-state index is 0.211. The average molecular weight is 312 g/mol. The number of rotatable bonds is 4. The van der Waals surface area contributed by atoms with Crippen molar-refractivity contribution in [1.29, 1.82) is 0 Å². The Kier molecular flexibility index (Phi) is 4.97. The number of hydrogen-bond acceptors (Lipinski definition) is 4. The van der Waals surface area contributed by atoms with Crippen LogP contribution >= 0.6 is 0 Å². The van der Waals surface area contributed by atoms with E-state index in [9.17, 15) is 13.2 Å². The molecule has 0 aromatic heterocycles. The lowest BCUT2D eigenvalue weighted by atomic mass is 10.1. The Morgan fingerprint density at radius 1 is 1.24 bits per heavy atom. The van der Waals surface area contributed by atoms with Crippen molar-refractivity contribution in [2.45, 2.75) is 6.04 Å². The minimum atomic E-state index is -3.48. The van der Waals surface area contributed by atoms with Gasteiger partial charge in [-0.3, -0.25) is 4.79 Å².